The molecule has 4 heteroatoms. The number of halogens is 1. The second-order valence-corrected chi connectivity index (χ2v) is 4.17. The average Bonchev–Trinajstić information content (AvgIpc) is 2.26. The minimum Gasteiger partial charge on any atom is -0.213 e. The van der Waals surface area contributed by atoms with Crippen molar-refractivity contribution in [3.05, 3.63) is 40.2 Å². The molecule has 0 amide bonds. The van der Waals surface area contributed by atoms with Crippen molar-refractivity contribution in [2.24, 2.45) is 0 Å². The first kappa shape index (κ1) is 11.0. The highest BCUT2D eigenvalue weighted by molar-refractivity contribution is 6.29. The maximum absolute atomic E-state index is 5.80. The molecular weight excluding hydrogens is 222 g/mol. The highest BCUT2D eigenvalue weighted by Gasteiger charge is 2.09. The van der Waals surface area contributed by atoms with E-state index in [2.05, 4.69) is 42.0 Å². The zero-order chi connectivity index (χ0) is 11.7. The standard InChI is InChI=1S/C12H12ClN3/c1-7-4-5-10(9(3)8(7)2)12-15-11(13)6-14-16-12/h4-6H,1-3H3. The van der Waals surface area contributed by atoms with Crippen LogP contribution in [0, 0.1) is 20.8 Å². The van der Waals surface area contributed by atoms with Gasteiger partial charge < -0.3 is 0 Å². The van der Waals surface area contributed by atoms with Gasteiger partial charge in [0.05, 0.1) is 6.20 Å². The predicted molar refractivity (Wildman–Crippen MR) is 64.5 cm³/mol. The van der Waals surface area contributed by atoms with Crippen LogP contribution in [0.5, 0.6) is 0 Å². The molecule has 0 spiro atoms. The second kappa shape index (κ2) is 4.18. The summed E-state index contributed by atoms with van der Waals surface area (Å²) in [6, 6.07) is 4.06. The van der Waals surface area contributed by atoms with Crippen molar-refractivity contribution >= 4 is 11.6 Å². The van der Waals surface area contributed by atoms with Crippen molar-refractivity contribution in [1.82, 2.24) is 15.2 Å². The van der Waals surface area contributed by atoms with E-state index in [1.54, 1.807) is 0 Å². The smallest absolute Gasteiger partial charge is 0.183 e. The van der Waals surface area contributed by atoms with E-state index in [-0.39, 0.29) is 0 Å². The van der Waals surface area contributed by atoms with Gasteiger partial charge in [-0.2, -0.15) is 5.10 Å². The van der Waals surface area contributed by atoms with Gasteiger partial charge in [-0.25, -0.2) is 4.98 Å². The highest BCUT2D eigenvalue weighted by Crippen LogP contribution is 2.24. The van der Waals surface area contributed by atoms with Gasteiger partial charge in [0.2, 0.25) is 0 Å². The monoisotopic (exact) mass is 233 g/mol. The predicted octanol–water partition coefficient (Wildman–Crippen LogP) is 3.12. The first-order valence-electron chi connectivity index (χ1n) is 5.02. The van der Waals surface area contributed by atoms with Gasteiger partial charge in [0.1, 0.15) is 0 Å². The molecule has 0 unspecified atom stereocenters. The number of benzene rings is 1. The van der Waals surface area contributed by atoms with Crippen molar-refractivity contribution in [2.75, 3.05) is 0 Å². The molecule has 0 fully saturated rings. The zero-order valence-corrected chi connectivity index (χ0v) is 10.2. The van der Waals surface area contributed by atoms with Crippen molar-refractivity contribution in [3.8, 4) is 11.4 Å². The summed E-state index contributed by atoms with van der Waals surface area (Å²) >= 11 is 5.80. The lowest BCUT2D eigenvalue weighted by molar-refractivity contribution is 0.977. The van der Waals surface area contributed by atoms with Gasteiger partial charge in [-0.05, 0) is 37.5 Å². The summed E-state index contributed by atoms with van der Waals surface area (Å²) in [7, 11) is 0. The van der Waals surface area contributed by atoms with E-state index < -0.39 is 0 Å². The molecule has 0 aliphatic carbocycles. The molecule has 0 aliphatic rings. The van der Waals surface area contributed by atoms with E-state index >= 15 is 0 Å². The van der Waals surface area contributed by atoms with Crippen LogP contribution in [0.1, 0.15) is 16.7 Å². The van der Waals surface area contributed by atoms with Crippen LogP contribution < -0.4 is 0 Å². The molecular formula is C12H12ClN3. The first-order valence-corrected chi connectivity index (χ1v) is 5.40. The molecule has 0 saturated heterocycles. The third-order valence-corrected chi connectivity index (χ3v) is 3.01. The summed E-state index contributed by atoms with van der Waals surface area (Å²) in [6.45, 7) is 6.23. The van der Waals surface area contributed by atoms with Gasteiger partial charge in [0.15, 0.2) is 11.0 Å². The Morgan fingerprint density at radius 3 is 2.50 bits per heavy atom. The molecule has 0 radical (unpaired) electrons. The Bertz CT molecular complexity index is 538. The largest absolute Gasteiger partial charge is 0.213 e. The maximum atomic E-state index is 5.80. The lowest BCUT2D eigenvalue weighted by Crippen LogP contribution is -1.96. The van der Waals surface area contributed by atoms with Crippen LogP contribution in [-0.2, 0) is 0 Å². The van der Waals surface area contributed by atoms with Crippen LogP contribution in [0.4, 0.5) is 0 Å². The third kappa shape index (κ3) is 1.91. The Hall–Kier alpha value is -1.48. The van der Waals surface area contributed by atoms with Gasteiger partial charge in [-0.15, -0.1) is 5.10 Å². The number of nitrogens with zero attached hydrogens (tertiary/aromatic N) is 3. The molecule has 1 aromatic carbocycles. The average molecular weight is 234 g/mol. The number of rotatable bonds is 1. The van der Waals surface area contributed by atoms with Crippen molar-refractivity contribution in [3.63, 3.8) is 0 Å². The fourth-order valence-electron chi connectivity index (χ4n) is 1.60. The Balaban J connectivity index is 2.61. The van der Waals surface area contributed by atoms with Crippen LogP contribution in [0.15, 0.2) is 18.3 Å². The Morgan fingerprint density at radius 1 is 1.06 bits per heavy atom. The van der Waals surface area contributed by atoms with E-state index in [0.717, 1.165) is 5.56 Å². The number of hydrogen-bond acceptors (Lipinski definition) is 3. The number of aromatic nitrogens is 3. The molecule has 82 valence electrons. The second-order valence-electron chi connectivity index (χ2n) is 3.78. The Morgan fingerprint density at radius 2 is 1.81 bits per heavy atom. The Labute approximate surface area is 99.5 Å². The zero-order valence-electron chi connectivity index (χ0n) is 9.45. The van der Waals surface area contributed by atoms with Crippen LogP contribution in [0.25, 0.3) is 11.4 Å². The topological polar surface area (TPSA) is 38.7 Å². The van der Waals surface area contributed by atoms with Crippen molar-refractivity contribution in [2.45, 2.75) is 20.8 Å². The van der Waals surface area contributed by atoms with E-state index in [1.807, 2.05) is 6.07 Å². The van der Waals surface area contributed by atoms with Crippen LogP contribution in [0.2, 0.25) is 5.15 Å². The molecule has 0 saturated carbocycles. The fraction of sp³-hybridized carbons (Fsp3) is 0.250. The van der Waals surface area contributed by atoms with Crippen molar-refractivity contribution < 1.29 is 0 Å². The minimum atomic E-state index is 0.364. The van der Waals surface area contributed by atoms with Gasteiger partial charge in [0, 0.05) is 5.56 Å². The molecule has 2 aromatic rings. The van der Waals surface area contributed by atoms with Gasteiger partial charge in [0.25, 0.3) is 0 Å². The SMILES string of the molecule is Cc1ccc(-c2nncc(Cl)n2)c(C)c1C. The van der Waals surface area contributed by atoms with Gasteiger partial charge in [-0.3, -0.25) is 0 Å². The lowest BCUT2D eigenvalue weighted by Gasteiger charge is -2.09. The molecule has 2 rings (SSSR count). The van der Waals surface area contributed by atoms with Crippen LogP contribution in [0.3, 0.4) is 0 Å². The van der Waals surface area contributed by atoms with E-state index in [4.69, 9.17) is 11.6 Å². The van der Waals surface area contributed by atoms with Gasteiger partial charge >= 0.3 is 0 Å². The maximum Gasteiger partial charge on any atom is 0.183 e. The summed E-state index contributed by atoms with van der Waals surface area (Å²) in [4.78, 5) is 4.17. The van der Waals surface area contributed by atoms with E-state index in [1.165, 1.54) is 22.9 Å². The summed E-state index contributed by atoms with van der Waals surface area (Å²) < 4.78 is 0. The molecule has 3 nitrogen and oxygen atoms in total. The van der Waals surface area contributed by atoms with Crippen LogP contribution >= 0.6 is 11.6 Å². The fourth-order valence-corrected chi connectivity index (χ4v) is 1.72. The molecule has 0 atom stereocenters. The minimum absolute atomic E-state index is 0.364. The summed E-state index contributed by atoms with van der Waals surface area (Å²) in [5.74, 6) is 0.577. The molecule has 0 N–H and O–H groups in total. The van der Waals surface area contributed by atoms with E-state index in [0.29, 0.717) is 11.0 Å². The summed E-state index contributed by atoms with van der Waals surface area (Å²) in [5.41, 5.74) is 4.67. The van der Waals surface area contributed by atoms with E-state index in [9.17, 15) is 0 Å². The quantitative estimate of drug-likeness (QED) is 0.760. The van der Waals surface area contributed by atoms with Crippen LogP contribution in [-0.4, -0.2) is 15.2 Å². The highest BCUT2D eigenvalue weighted by atomic mass is 35.5. The Kier molecular flexibility index (Phi) is 2.88. The summed E-state index contributed by atoms with van der Waals surface area (Å²) in [6.07, 6.45) is 1.43. The normalized spacial score (nSPS) is 10.5. The third-order valence-electron chi connectivity index (χ3n) is 2.83. The van der Waals surface area contributed by atoms with Gasteiger partial charge in [-0.1, -0.05) is 23.7 Å². The number of hydrogen-bond donors (Lipinski definition) is 0. The number of aryl methyl sites for hydroxylation is 1. The lowest BCUT2D eigenvalue weighted by atomic mass is 9.98. The summed E-state index contributed by atoms with van der Waals surface area (Å²) in [5, 5.41) is 8.17. The molecule has 1 heterocycles. The first-order chi connectivity index (χ1) is 7.59. The molecule has 0 aliphatic heterocycles. The molecule has 1 aromatic heterocycles. The molecule has 16 heavy (non-hydrogen) atoms. The van der Waals surface area contributed by atoms with Crippen molar-refractivity contribution in [1.29, 1.82) is 0 Å². The molecule has 0 bridgehead atoms.